The van der Waals surface area contributed by atoms with E-state index in [0.717, 1.165) is 6.07 Å². The van der Waals surface area contributed by atoms with Gasteiger partial charge in [-0.05, 0) is 37.8 Å². The van der Waals surface area contributed by atoms with Crippen molar-refractivity contribution in [2.24, 2.45) is 5.92 Å². The first-order chi connectivity index (χ1) is 11.3. The number of hydrogen-bond donors (Lipinski definition) is 1. The number of amides is 2. The molecule has 1 atom stereocenters. The van der Waals surface area contributed by atoms with Gasteiger partial charge in [-0.2, -0.15) is 18.4 Å². The lowest BCUT2D eigenvalue weighted by molar-refractivity contribution is -0.138. The highest BCUT2D eigenvalue weighted by atomic mass is 19.4. The zero-order valence-corrected chi connectivity index (χ0v) is 13.4. The van der Waals surface area contributed by atoms with Crippen molar-refractivity contribution < 1.29 is 18.0 Å². The number of carbonyl (C=O) groups excluding carboxylic acids is 1. The van der Waals surface area contributed by atoms with Crippen molar-refractivity contribution >= 4 is 6.03 Å². The second kappa shape index (κ2) is 7.56. The molecule has 4 nitrogen and oxygen atoms in total. The second-order valence-corrected chi connectivity index (χ2v) is 6.10. The third-order valence-electron chi connectivity index (χ3n) is 4.18. The monoisotopic (exact) mass is 339 g/mol. The number of halogens is 3. The first kappa shape index (κ1) is 18.1. The summed E-state index contributed by atoms with van der Waals surface area (Å²) < 4.78 is 39.0. The van der Waals surface area contributed by atoms with Crippen LogP contribution < -0.4 is 5.32 Å². The summed E-state index contributed by atoms with van der Waals surface area (Å²) >= 11 is 0. The molecule has 0 spiro atoms. The van der Waals surface area contributed by atoms with Gasteiger partial charge in [0.15, 0.2) is 0 Å². The first-order valence-corrected chi connectivity index (χ1v) is 7.91. The molecule has 1 fully saturated rings. The largest absolute Gasteiger partial charge is 0.416 e. The van der Waals surface area contributed by atoms with Gasteiger partial charge in [-0.15, -0.1) is 0 Å². The Morgan fingerprint density at radius 3 is 2.58 bits per heavy atom. The Kier molecular flexibility index (Phi) is 5.71. The average Bonchev–Trinajstić information content (AvgIpc) is 2.54. The summed E-state index contributed by atoms with van der Waals surface area (Å²) in [7, 11) is 0. The first-order valence-electron chi connectivity index (χ1n) is 7.91. The van der Waals surface area contributed by atoms with Crippen LogP contribution in [0.15, 0.2) is 24.3 Å². The zero-order valence-electron chi connectivity index (χ0n) is 13.4. The molecule has 1 aromatic carbocycles. The van der Waals surface area contributed by atoms with Gasteiger partial charge in [0.25, 0.3) is 0 Å². The predicted octanol–water partition coefficient (Wildman–Crippen LogP) is 3.58. The van der Waals surface area contributed by atoms with Crippen molar-refractivity contribution in [2.75, 3.05) is 13.1 Å². The highest BCUT2D eigenvalue weighted by Crippen LogP contribution is 2.32. The van der Waals surface area contributed by atoms with Crippen LogP contribution in [-0.4, -0.2) is 30.1 Å². The van der Waals surface area contributed by atoms with Crippen molar-refractivity contribution in [3.63, 3.8) is 0 Å². The molecule has 1 aliphatic heterocycles. The van der Waals surface area contributed by atoms with Gasteiger partial charge in [0.1, 0.15) is 0 Å². The van der Waals surface area contributed by atoms with Crippen molar-refractivity contribution in [1.29, 1.82) is 5.26 Å². The smallest absolute Gasteiger partial charge is 0.335 e. The maximum atomic E-state index is 13.0. The van der Waals surface area contributed by atoms with E-state index in [1.54, 1.807) is 17.9 Å². The van der Waals surface area contributed by atoms with Gasteiger partial charge in [-0.1, -0.05) is 18.2 Å². The third kappa shape index (κ3) is 4.63. The molecule has 2 rings (SSSR count). The van der Waals surface area contributed by atoms with Gasteiger partial charge in [-0.25, -0.2) is 4.79 Å². The Hall–Kier alpha value is -2.23. The number of hydrogen-bond acceptors (Lipinski definition) is 2. The number of alkyl halides is 3. The van der Waals surface area contributed by atoms with E-state index in [9.17, 15) is 18.0 Å². The number of rotatable bonds is 3. The molecule has 0 saturated carbocycles. The number of urea groups is 1. The number of piperidine rings is 1. The summed E-state index contributed by atoms with van der Waals surface area (Å²) in [5.41, 5.74) is -0.498. The van der Waals surface area contributed by atoms with Crippen LogP contribution in [0, 0.1) is 17.2 Å². The van der Waals surface area contributed by atoms with Gasteiger partial charge in [0, 0.05) is 25.0 Å². The van der Waals surface area contributed by atoms with E-state index < -0.39 is 17.8 Å². The van der Waals surface area contributed by atoms with Crippen molar-refractivity contribution in [3.8, 4) is 6.07 Å². The predicted molar refractivity (Wildman–Crippen MR) is 83.1 cm³/mol. The molecule has 0 aliphatic carbocycles. The van der Waals surface area contributed by atoms with E-state index in [-0.39, 0.29) is 23.9 Å². The van der Waals surface area contributed by atoms with Crippen molar-refractivity contribution in [2.45, 2.75) is 38.4 Å². The molecule has 2 amide bonds. The molecular formula is C17H20F3N3O. The standard InChI is InChI=1S/C17H20F3N3O/c1-12(10-14-4-2-3-5-15(14)17(18,19)20)22-16(24)23-8-6-13(11-21)7-9-23/h2-5,12-13H,6-10H2,1H3,(H,22,24)/t12-/m1/s1. The number of nitrogens with zero attached hydrogens (tertiary/aromatic N) is 2. The van der Waals surface area contributed by atoms with Crippen LogP contribution in [0.3, 0.4) is 0 Å². The fourth-order valence-corrected chi connectivity index (χ4v) is 2.87. The summed E-state index contributed by atoms with van der Waals surface area (Å²) in [4.78, 5) is 13.8. The molecular weight excluding hydrogens is 319 g/mol. The fourth-order valence-electron chi connectivity index (χ4n) is 2.87. The van der Waals surface area contributed by atoms with Crippen LogP contribution in [0.25, 0.3) is 0 Å². The normalized spacial score (nSPS) is 17.2. The lowest BCUT2D eigenvalue weighted by Gasteiger charge is -2.30. The average molecular weight is 339 g/mol. The van der Waals surface area contributed by atoms with E-state index >= 15 is 0 Å². The molecule has 130 valence electrons. The van der Waals surface area contributed by atoms with Crippen molar-refractivity contribution in [1.82, 2.24) is 10.2 Å². The maximum absolute atomic E-state index is 13.0. The summed E-state index contributed by atoms with van der Waals surface area (Å²) in [5, 5.41) is 11.6. The van der Waals surface area contributed by atoms with Crippen LogP contribution >= 0.6 is 0 Å². The minimum atomic E-state index is -4.40. The number of nitriles is 1. The highest BCUT2D eigenvalue weighted by molar-refractivity contribution is 5.74. The molecule has 0 unspecified atom stereocenters. The van der Waals surface area contributed by atoms with Gasteiger partial charge >= 0.3 is 12.2 Å². The molecule has 0 bridgehead atoms. The number of nitrogens with one attached hydrogen (secondary N) is 1. The van der Waals surface area contributed by atoms with Crippen LogP contribution in [0.1, 0.15) is 30.9 Å². The van der Waals surface area contributed by atoms with Crippen LogP contribution in [0.5, 0.6) is 0 Å². The molecule has 1 saturated heterocycles. The molecule has 1 aromatic rings. The van der Waals surface area contributed by atoms with Gasteiger partial charge in [0.2, 0.25) is 0 Å². The number of likely N-dealkylation sites (tertiary alicyclic amines) is 1. The minimum Gasteiger partial charge on any atom is -0.335 e. The Morgan fingerprint density at radius 2 is 2.00 bits per heavy atom. The van der Waals surface area contributed by atoms with E-state index in [1.807, 2.05) is 0 Å². The Bertz CT molecular complexity index is 616. The lowest BCUT2D eigenvalue weighted by Crippen LogP contribution is -2.47. The van der Waals surface area contributed by atoms with E-state index in [4.69, 9.17) is 5.26 Å². The Balaban J connectivity index is 1.93. The molecule has 1 heterocycles. The van der Waals surface area contributed by atoms with Gasteiger partial charge in [0.05, 0.1) is 11.6 Å². The molecule has 1 N–H and O–H groups in total. The van der Waals surface area contributed by atoms with E-state index in [0.29, 0.717) is 25.9 Å². The topological polar surface area (TPSA) is 56.1 Å². The molecule has 0 aromatic heterocycles. The molecule has 7 heteroatoms. The third-order valence-corrected chi connectivity index (χ3v) is 4.18. The van der Waals surface area contributed by atoms with E-state index in [1.165, 1.54) is 12.1 Å². The highest BCUT2D eigenvalue weighted by Gasteiger charge is 2.33. The zero-order chi connectivity index (χ0) is 17.7. The van der Waals surface area contributed by atoms with Crippen LogP contribution in [-0.2, 0) is 12.6 Å². The second-order valence-electron chi connectivity index (χ2n) is 6.10. The number of benzene rings is 1. The fraction of sp³-hybridized carbons (Fsp3) is 0.529. The molecule has 24 heavy (non-hydrogen) atoms. The van der Waals surface area contributed by atoms with Crippen LogP contribution in [0.4, 0.5) is 18.0 Å². The van der Waals surface area contributed by atoms with Crippen LogP contribution in [0.2, 0.25) is 0 Å². The SMILES string of the molecule is C[C@H](Cc1ccccc1C(F)(F)F)NC(=O)N1CCC(C#N)CC1. The van der Waals surface area contributed by atoms with Crippen molar-refractivity contribution in [3.05, 3.63) is 35.4 Å². The summed E-state index contributed by atoms with van der Waals surface area (Å²) in [6.45, 7) is 2.68. The maximum Gasteiger partial charge on any atom is 0.416 e. The summed E-state index contributed by atoms with van der Waals surface area (Å²) in [6, 6.07) is 6.89. The lowest BCUT2D eigenvalue weighted by atomic mass is 9.99. The summed E-state index contributed by atoms with van der Waals surface area (Å²) in [6.07, 6.45) is -3.03. The van der Waals surface area contributed by atoms with Gasteiger partial charge in [-0.3, -0.25) is 0 Å². The quantitative estimate of drug-likeness (QED) is 0.915. The summed E-state index contributed by atoms with van der Waals surface area (Å²) in [5.74, 6) is -0.0230. The minimum absolute atomic E-state index is 0.0230. The Labute approximate surface area is 139 Å². The van der Waals surface area contributed by atoms with Gasteiger partial charge < -0.3 is 10.2 Å². The molecule has 1 aliphatic rings. The van der Waals surface area contributed by atoms with E-state index in [2.05, 4.69) is 11.4 Å². The molecule has 0 radical (unpaired) electrons. The number of carbonyl (C=O) groups is 1. The Morgan fingerprint density at radius 1 is 1.38 bits per heavy atom.